The first kappa shape index (κ1) is 28.8. The fourth-order valence-corrected chi connectivity index (χ4v) is 4.90. The molecule has 1 heterocycles. The summed E-state index contributed by atoms with van der Waals surface area (Å²) < 4.78 is 5.12. The van der Waals surface area contributed by atoms with Crippen LogP contribution in [-0.4, -0.2) is 59.6 Å². The van der Waals surface area contributed by atoms with E-state index in [9.17, 15) is 19.5 Å². The van der Waals surface area contributed by atoms with Crippen molar-refractivity contribution in [1.29, 1.82) is 0 Å². The van der Waals surface area contributed by atoms with Crippen LogP contribution in [0.4, 0.5) is 11.5 Å². The highest BCUT2D eigenvalue weighted by atomic mass is 35.5. The number of methoxy groups -OCH3 is 1. The molecule has 0 aliphatic heterocycles. The number of aliphatic carboxylic acids is 1. The van der Waals surface area contributed by atoms with E-state index in [1.165, 1.54) is 0 Å². The van der Waals surface area contributed by atoms with Crippen molar-refractivity contribution in [2.24, 2.45) is 0 Å². The van der Waals surface area contributed by atoms with Crippen LogP contribution in [-0.2, 0) is 22.4 Å². The molecule has 3 aromatic rings. The molecule has 1 fully saturated rings. The predicted molar refractivity (Wildman–Crippen MR) is 152 cm³/mol. The van der Waals surface area contributed by atoms with E-state index in [1.54, 1.807) is 55.5 Å². The van der Waals surface area contributed by atoms with Crippen LogP contribution in [0.1, 0.15) is 53.0 Å². The number of carbonyl (C=O) groups is 3. The van der Waals surface area contributed by atoms with Gasteiger partial charge in [0.05, 0.1) is 20.1 Å². The molecule has 1 aromatic heterocycles. The average Bonchev–Trinajstić information content (AvgIpc) is 3.43. The van der Waals surface area contributed by atoms with Crippen molar-refractivity contribution in [1.82, 2.24) is 15.3 Å². The Hall–Kier alpha value is -4.18. The van der Waals surface area contributed by atoms with Gasteiger partial charge in [0.25, 0.3) is 5.91 Å². The van der Waals surface area contributed by atoms with E-state index in [2.05, 4.69) is 20.6 Å². The van der Waals surface area contributed by atoms with Gasteiger partial charge in [0.15, 0.2) is 0 Å². The van der Waals surface area contributed by atoms with Crippen molar-refractivity contribution in [2.45, 2.75) is 44.6 Å². The molecule has 0 atom stereocenters. The minimum absolute atomic E-state index is 0.0124. The van der Waals surface area contributed by atoms with Crippen molar-refractivity contribution >= 4 is 40.9 Å². The van der Waals surface area contributed by atoms with Crippen molar-refractivity contribution in [3.8, 4) is 5.75 Å². The van der Waals surface area contributed by atoms with Crippen LogP contribution in [0, 0.1) is 0 Å². The van der Waals surface area contributed by atoms with Crippen LogP contribution in [0.25, 0.3) is 0 Å². The van der Waals surface area contributed by atoms with Crippen molar-refractivity contribution in [3.63, 3.8) is 0 Å². The summed E-state index contributed by atoms with van der Waals surface area (Å²) in [6.45, 7) is 0.0124. The van der Waals surface area contributed by atoms with Gasteiger partial charge in [-0.05, 0) is 54.8 Å². The molecular weight excluding hydrogens is 534 g/mol. The van der Waals surface area contributed by atoms with Gasteiger partial charge in [-0.15, -0.1) is 0 Å². The van der Waals surface area contributed by atoms with Gasteiger partial charge in [0.1, 0.15) is 22.5 Å². The maximum atomic E-state index is 12.6. The van der Waals surface area contributed by atoms with Crippen molar-refractivity contribution in [3.05, 3.63) is 76.2 Å². The monoisotopic (exact) mass is 565 g/mol. The van der Waals surface area contributed by atoms with Crippen molar-refractivity contribution < 1.29 is 24.2 Å². The van der Waals surface area contributed by atoms with Crippen LogP contribution in [0.3, 0.4) is 0 Å². The van der Waals surface area contributed by atoms with Gasteiger partial charge >= 0.3 is 5.97 Å². The SMILES string of the molecule is COc1ccc(C(=O)Nc2ccc(Cc3nc(Cl)c(CC(=O)O)c(N(C)CC(=O)NC4CCCC4)n3)cc2)cc1. The molecule has 0 radical (unpaired) electrons. The Morgan fingerprint density at radius 3 is 2.35 bits per heavy atom. The van der Waals surface area contributed by atoms with Gasteiger partial charge < -0.3 is 25.4 Å². The highest BCUT2D eigenvalue weighted by Crippen LogP contribution is 2.26. The molecule has 2 amide bonds. The fourth-order valence-electron chi connectivity index (χ4n) is 4.65. The summed E-state index contributed by atoms with van der Waals surface area (Å²) in [5.41, 5.74) is 2.24. The van der Waals surface area contributed by atoms with E-state index < -0.39 is 5.97 Å². The summed E-state index contributed by atoms with van der Waals surface area (Å²) in [4.78, 5) is 47.2. The number of carboxylic acid groups (broad SMARTS) is 1. The lowest BCUT2D eigenvalue weighted by atomic mass is 10.1. The van der Waals surface area contributed by atoms with Gasteiger partial charge in [-0.1, -0.05) is 36.6 Å². The number of halogens is 1. The van der Waals surface area contributed by atoms with Crippen LogP contribution >= 0.6 is 11.6 Å². The molecule has 0 spiro atoms. The number of hydrogen-bond acceptors (Lipinski definition) is 7. The molecule has 0 bridgehead atoms. The lowest BCUT2D eigenvalue weighted by Gasteiger charge is -2.22. The normalized spacial score (nSPS) is 13.1. The van der Waals surface area contributed by atoms with Crippen LogP contribution in [0.2, 0.25) is 5.15 Å². The number of benzene rings is 2. The maximum absolute atomic E-state index is 12.6. The molecule has 40 heavy (non-hydrogen) atoms. The number of rotatable bonds is 11. The molecule has 1 saturated carbocycles. The number of carboxylic acids is 1. The summed E-state index contributed by atoms with van der Waals surface area (Å²) in [5.74, 6) is -0.116. The zero-order valence-electron chi connectivity index (χ0n) is 22.4. The van der Waals surface area contributed by atoms with E-state index in [1.807, 2.05) is 12.1 Å². The minimum atomic E-state index is -1.07. The zero-order valence-corrected chi connectivity index (χ0v) is 23.2. The first-order chi connectivity index (χ1) is 19.2. The third-order valence-corrected chi connectivity index (χ3v) is 7.01. The number of hydrogen-bond donors (Lipinski definition) is 3. The summed E-state index contributed by atoms with van der Waals surface area (Å²) in [6, 6.07) is 14.2. The number of carbonyl (C=O) groups excluding carboxylic acids is 2. The second-order valence-electron chi connectivity index (χ2n) is 9.76. The zero-order chi connectivity index (χ0) is 28.6. The summed E-state index contributed by atoms with van der Waals surface area (Å²) in [7, 11) is 3.25. The number of likely N-dealkylation sites (N-methyl/N-ethyl adjacent to an activating group) is 1. The Labute approximate surface area is 237 Å². The van der Waals surface area contributed by atoms with Crippen LogP contribution in [0.5, 0.6) is 5.75 Å². The van der Waals surface area contributed by atoms with Crippen LogP contribution in [0.15, 0.2) is 48.5 Å². The molecule has 2 aromatic carbocycles. The van der Waals surface area contributed by atoms with Crippen LogP contribution < -0.4 is 20.3 Å². The number of anilines is 2. The highest BCUT2D eigenvalue weighted by Gasteiger charge is 2.22. The molecule has 1 aliphatic rings. The topological polar surface area (TPSA) is 134 Å². The molecule has 4 rings (SSSR count). The third-order valence-electron chi connectivity index (χ3n) is 6.70. The standard InChI is InChI=1S/C29H32ClN5O5/c1-35(17-25(36)31-20-5-3-4-6-20)28-23(16-26(37)38)27(30)33-24(34-28)15-18-7-11-21(12-8-18)32-29(39)19-9-13-22(40-2)14-10-19/h7-14,20H,3-6,15-17H2,1-2H3,(H,31,36)(H,32,39)(H,37,38). The smallest absolute Gasteiger partial charge is 0.308 e. The first-order valence-corrected chi connectivity index (χ1v) is 13.4. The second kappa shape index (κ2) is 13.3. The van der Waals surface area contributed by atoms with Gasteiger partial charge in [-0.3, -0.25) is 14.4 Å². The Morgan fingerprint density at radius 2 is 1.73 bits per heavy atom. The van der Waals surface area contributed by atoms with Gasteiger partial charge in [-0.2, -0.15) is 0 Å². The summed E-state index contributed by atoms with van der Waals surface area (Å²) in [5, 5.41) is 15.3. The number of aromatic nitrogens is 2. The molecule has 11 heteroatoms. The highest BCUT2D eigenvalue weighted by molar-refractivity contribution is 6.30. The Bertz CT molecular complexity index is 1360. The molecule has 1 aliphatic carbocycles. The number of amides is 2. The summed E-state index contributed by atoms with van der Waals surface area (Å²) in [6.07, 6.45) is 4.08. The predicted octanol–water partition coefficient (Wildman–Crippen LogP) is 4.10. The Morgan fingerprint density at radius 1 is 1.05 bits per heavy atom. The first-order valence-electron chi connectivity index (χ1n) is 13.0. The summed E-state index contributed by atoms with van der Waals surface area (Å²) >= 11 is 6.43. The second-order valence-corrected chi connectivity index (χ2v) is 10.1. The fraction of sp³-hybridized carbons (Fsp3) is 0.345. The average molecular weight is 566 g/mol. The largest absolute Gasteiger partial charge is 0.497 e. The maximum Gasteiger partial charge on any atom is 0.308 e. The molecule has 0 unspecified atom stereocenters. The molecule has 210 valence electrons. The Kier molecular flexibility index (Phi) is 9.55. The molecule has 10 nitrogen and oxygen atoms in total. The Balaban J connectivity index is 1.46. The van der Waals surface area contributed by atoms with Gasteiger partial charge in [0.2, 0.25) is 5.91 Å². The number of nitrogens with one attached hydrogen (secondary N) is 2. The molecule has 3 N–H and O–H groups in total. The minimum Gasteiger partial charge on any atom is -0.497 e. The lowest BCUT2D eigenvalue weighted by molar-refractivity contribution is -0.136. The molecule has 0 saturated heterocycles. The van der Waals surface area contributed by atoms with Gasteiger partial charge in [-0.25, -0.2) is 9.97 Å². The van der Waals surface area contributed by atoms with Gasteiger partial charge in [0, 0.05) is 36.3 Å². The lowest BCUT2D eigenvalue weighted by Crippen LogP contribution is -2.40. The van der Waals surface area contributed by atoms with E-state index in [4.69, 9.17) is 16.3 Å². The number of nitrogens with zero attached hydrogens (tertiary/aromatic N) is 3. The third kappa shape index (κ3) is 7.69. The van der Waals surface area contributed by atoms with Crippen molar-refractivity contribution in [2.75, 3.05) is 30.9 Å². The quantitative estimate of drug-likeness (QED) is 0.296. The van der Waals surface area contributed by atoms with E-state index >= 15 is 0 Å². The van der Waals surface area contributed by atoms with E-state index in [0.29, 0.717) is 35.1 Å². The molecular formula is C29H32ClN5O5. The van der Waals surface area contributed by atoms with E-state index in [-0.39, 0.29) is 41.5 Å². The van der Waals surface area contributed by atoms with E-state index in [0.717, 1.165) is 31.2 Å². The number of ether oxygens (including phenoxy) is 1.